The van der Waals surface area contributed by atoms with E-state index in [9.17, 15) is 0 Å². The highest BCUT2D eigenvalue weighted by Gasteiger charge is 2.11. The number of nitrogen functional groups attached to an aromatic ring is 1. The molecule has 6 heteroatoms. The van der Waals surface area contributed by atoms with Crippen molar-refractivity contribution in [3.8, 4) is 5.88 Å². The van der Waals surface area contributed by atoms with Crippen molar-refractivity contribution in [2.75, 3.05) is 17.7 Å². The molecule has 20 heavy (non-hydrogen) atoms. The van der Waals surface area contributed by atoms with E-state index in [1.807, 2.05) is 25.3 Å². The third-order valence-corrected chi connectivity index (χ3v) is 3.85. The molecule has 2 rings (SSSR count). The SMILES string of the molecule is CCCOc1nc(NC(C)c2nc(C)cs2)ccc1N. The van der Waals surface area contributed by atoms with Crippen molar-refractivity contribution < 1.29 is 4.74 Å². The maximum atomic E-state index is 5.85. The van der Waals surface area contributed by atoms with E-state index in [-0.39, 0.29) is 6.04 Å². The molecule has 0 saturated heterocycles. The van der Waals surface area contributed by atoms with Crippen LogP contribution in [0, 0.1) is 6.92 Å². The van der Waals surface area contributed by atoms with E-state index in [0.29, 0.717) is 18.2 Å². The quantitative estimate of drug-likeness (QED) is 0.853. The second kappa shape index (κ2) is 6.56. The zero-order valence-corrected chi connectivity index (χ0v) is 12.8. The summed E-state index contributed by atoms with van der Waals surface area (Å²) >= 11 is 1.64. The van der Waals surface area contributed by atoms with Crippen molar-refractivity contribution in [2.24, 2.45) is 0 Å². The van der Waals surface area contributed by atoms with Crippen LogP contribution in [-0.2, 0) is 0 Å². The van der Waals surface area contributed by atoms with Gasteiger partial charge in [-0.1, -0.05) is 6.92 Å². The number of pyridine rings is 1. The Morgan fingerprint density at radius 1 is 1.40 bits per heavy atom. The van der Waals surface area contributed by atoms with Gasteiger partial charge in [-0.05, 0) is 32.4 Å². The van der Waals surface area contributed by atoms with Gasteiger partial charge in [-0.15, -0.1) is 11.3 Å². The second-order valence-electron chi connectivity index (χ2n) is 4.63. The molecular weight excluding hydrogens is 272 g/mol. The van der Waals surface area contributed by atoms with Gasteiger partial charge in [0.2, 0.25) is 5.88 Å². The number of thiazole rings is 1. The molecule has 0 fully saturated rings. The maximum absolute atomic E-state index is 5.85. The number of aromatic nitrogens is 2. The van der Waals surface area contributed by atoms with Crippen LogP contribution in [0.4, 0.5) is 11.5 Å². The van der Waals surface area contributed by atoms with Crippen molar-refractivity contribution in [1.29, 1.82) is 0 Å². The van der Waals surface area contributed by atoms with E-state index in [2.05, 4.69) is 22.2 Å². The standard InChI is InChI=1S/C14H20N4OS/c1-4-7-19-13-11(15)5-6-12(18-13)17-10(3)14-16-9(2)8-20-14/h5-6,8,10H,4,7,15H2,1-3H3,(H,17,18). The zero-order chi connectivity index (χ0) is 14.5. The average Bonchev–Trinajstić information content (AvgIpc) is 2.86. The minimum atomic E-state index is 0.101. The Hall–Kier alpha value is -1.82. The molecule has 0 amide bonds. The van der Waals surface area contributed by atoms with E-state index >= 15 is 0 Å². The molecule has 2 aromatic rings. The Balaban J connectivity index is 2.09. The van der Waals surface area contributed by atoms with Crippen LogP contribution in [0.2, 0.25) is 0 Å². The van der Waals surface area contributed by atoms with Gasteiger partial charge in [0.1, 0.15) is 10.8 Å². The average molecular weight is 292 g/mol. The molecule has 0 saturated carbocycles. The Morgan fingerprint density at radius 2 is 2.20 bits per heavy atom. The molecule has 0 radical (unpaired) electrons. The lowest BCUT2D eigenvalue weighted by Crippen LogP contribution is -2.09. The molecule has 0 spiro atoms. The molecule has 108 valence electrons. The van der Waals surface area contributed by atoms with E-state index in [1.54, 1.807) is 17.4 Å². The van der Waals surface area contributed by atoms with Gasteiger partial charge in [0, 0.05) is 11.1 Å². The fourth-order valence-electron chi connectivity index (χ4n) is 1.70. The van der Waals surface area contributed by atoms with E-state index in [0.717, 1.165) is 22.9 Å². The first-order valence-corrected chi connectivity index (χ1v) is 7.56. The molecule has 0 aliphatic rings. The molecule has 0 aliphatic carbocycles. The lowest BCUT2D eigenvalue weighted by molar-refractivity contribution is 0.307. The van der Waals surface area contributed by atoms with Gasteiger partial charge < -0.3 is 15.8 Å². The normalized spacial score (nSPS) is 12.2. The van der Waals surface area contributed by atoms with Gasteiger partial charge in [-0.2, -0.15) is 4.98 Å². The van der Waals surface area contributed by atoms with Crippen molar-refractivity contribution >= 4 is 22.8 Å². The fourth-order valence-corrected chi connectivity index (χ4v) is 2.50. The first-order chi connectivity index (χ1) is 9.60. The Bertz CT molecular complexity index is 570. The molecular formula is C14H20N4OS. The van der Waals surface area contributed by atoms with Gasteiger partial charge in [0.25, 0.3) is 0 Å². The summed E-state index contributed by atoms with van der Waals surface area (Å²) in [4.78, 5) is 8.87. The van der Waals surface area contributed by atoms with Gasteiger partial charge in [-0.25, -0.2) is 4.98 Å². The molecule has 1 atom stereocenters. The lowest BCUT2D eigenvalue weighted by atomic mass is 10.3. The zero-order valence-electron chi connectivity index (χ0n) is 12.0. The number of anilines is 2. The van der Waals surface area contributed by atoms with Gasteiger partial charge in [0.15, 0.2) is 0 Å². The number of rotatable bonds is 6. The van der Waals surface area contributed by atoms with Crippen molar-refractivity contribution in [1.82, 2.24) is 9.97 Å². The van der Waals surface area contributed by atoms with Crippen LogP contribution in [0.5, 0.6) is 5.88 Å². The summed E-state index contributed by atoms with van der Waals surface area (Å²) in [6, 6.07) is 3.76. The minimum Gasteiger partial charge on any atom is -0.476 e. The molecule has 5 nitrogen and oxygen atoms in total. The first kappa shape index (κ1) is 14.6. The highest BCUT2D eigenvalue weighted by molar-refractivity contribution is 7.09. The molecule has 0 bridgehead atoms. The van der Waals surface area contributed by atoms with Crippen LogP contribution in [0.25, 0.3) is 0 Å². The molecule has 0 aromatic carbocycles. The summed E-state index contributed by atoms with van der Waals surface area (Å²) < 4.78 is 5.53. The third-order valence-electron chi connectivity index (χ3n) is 2.70. The van der Waals surface area contributed by atoms with Crippen molar-refractivity contribution in [3.05, 3.63) is 28.2 Å². The van der Waals surface area contributed by atoms with Gasteiger partial charge >= 0.3 is 0 Å². The summed E-state index contributed by atoms with van der Waals surface area (Å²) in [5.74, 6) is 1.23. The van der Waals surface area contributed by atoms with Crippen LogP contribution >= 0.6 is 11.3 Å². The highest BCUT2D eigenvalue weighted by atomic mass is 32.1. The molecule has 2 heterocycles. The molecule has 2 aromatic heterocycles. The van der Waals surface area contributed by atoms with Gasteiger partial charge in [-0.3, -0.25) is 0 Å². The molecule has 3 N–H and O–H groups in total. The lowest BCUT2D eigenvalue weighted by Gasteiger charge is -2.14. The van der Waals surface area contributed by atoms with E-state index in [1.165, 1.54) is 0 Å². The smallest absolute Gasteiger partial charge is 0.239 e. The Labute approximate surface area is 123 Å². The first-order valence-electron chi connectivity index (χ1n) is 6.68. The number of hydrogen-bond acceptors (Lipinski definition) is 6. The summed E-state index contributed by atoms with van der Waals surface area (Å²) in [6.45, 7) is 6.71. The Kier molecular flexibility index (Phi) is 4.79. The number of aryl methyl sites for hydroxylation is 1. The number of nitrogens with two attached hydrogens (primary N) is 1. The monoisotopic (exact) mass is 292 g/mol. The van der Waals surface area contributed by atoms with Crippen LogP contribution in [0.1, 0.15) is 37.0 Å². The van der Waals surface area contributed by atoms with Crippen LogP contribution in [0.3, 0.4) is 0 Å². The topological polar surface area (TPSA) is 73.1 Å². The number of hydrogen-bond donors (Lipinski definition) is 2. The van der Waals surface area contributed by atoms with Crippen molar-refractivity contribution in [2.45, 2.75) is 33.2 Å². The highest BCUT2D eigenvalue weighted by Crippen LogP contribution is 2.25. The molecule has 1 unspecified atom stereocenters. The van der Waals surface area contributed by atoms with Crippen LogP contribution in [0.15, 0.2) is 17.5 Å². The summed E-state index contributed by atoms with van der Waals surface area (Å²) in [5.41, 5.74) is 7.44. The third kappa shape index (κ3) is 3.60. The maximum Gasteiger partial charge on any atom is 0.239 e. The second-order valence-corrected chi connectivity index (χ2v) is 5.52. The predicted octanol–water partition coefficient (Wildman–Crippen LogP) is 3.39. The number of nitrogens with zero attached hydrogens (tertiary/aromatic N) is 2. The van der Waals surface area contributed by atoms with Crippen molar-refractivity contribution in [3.63, 3.8) is 0 Å². The van der Waals surface area contributed by atoms with Crippen LogP contribution < -0.4 is 15.8 Å². The molecule has 0 aliphatic heterocycles. The largest absolute Gasteiger partial charge is 0.476 e. The van der Waals surface area contributed by atoms with Crippen LogP contribution in [-0.4, -0.2) is 16.6 Å². The Morgan fingerprint density at radius 3 is 2.85 bits per heavy atom. The number of nitrogens with one attached hydrogen (secondary N) is 1. The minimum absolute atomic E-state index is 0.101. The summed E-state index contributed by atoms with van der Waals surface area (Å²) in [6.07, 6.45) is 0.924. The summed E-state index contributed by atoms with van der Waals surface area (Å²) in [5, 5.41) is 6.40. The summed E-state index contributed by atoms with van der Waals surface area (Å²) in [7, 11) is 0. The number of ether oxygens (including phenoxy) is 1. The van der Waals surface area contributed by atoms with Gasteiger partial charge in [0.05, 0.1) is 18.3 Å². The van der Waals surface area contributed by atoms with E-state index in [4.69, 9.17) is 10.5 Å². The predicted molar refractivity (Wildman–Crippen MR) is 83.3 cm³/mol. The van der Waals surface area contributed by atoms with E-state index < -0.39 is 0 Å². The fraction of sp³-hybridized carbons (Fsp3) is 0.429.